The lowest BCUT2D eigenvalue weighted by Crippen LogP contribution is -1.98. The van der Waals surface area contributed by atoms with Crippen molar-refractivity contribution in [3.63, 3.8) is 0 Å². The Bertz CT molecular complexity index is 587. The molecule has 0 unspecified atom stereocenters. The van der Waals surface area contributed by atoms with Gasteiger partial charge in [-0.05, 0) is 24.3 Å². The highest BCUT2D eigenvalue weighted by Gasteiger charge is 2.11. The van der Waals surface area contributed by atoms with E-state index in [1.807, 2.05) is 0 Å². The number of hydrogen-bond acceptors (Lipinski definition) is 3. The van der Waals surface area contributed by atoms with Crippen molar-refractivity contribution in [1.82, 2.24) is 0 Å². The van der Waals surface area contributed by atoms with Crippen LogP contribution in [0.3, 0.4) is 0 Å². The van der Waals surface area contributed by atoms with E-state index in [1.165, 1.54) is 24.3 Å². The third-order valence-electron chi connectivity index (χ3n) is 1.75. The molecule has 0 bridgehead atoms. The van der Waals surface area contributed by atoms with E-state index in [-0.39, 0.29) is 5.56 Å². The van der Waals surface area contributed by atoms with Gasteiger partial charge < -0.3 is 0 Å². The fourth-order valence-corrected chi connectivity index (χ4v) is 1.87. The molecule has 1 rings (SSSR count). The van der Waals surface area contributed by atoms with E-state index in [0.29, 0.717) is 4.47 Å². The van der Waals surface area contributed by atoms with Crippen molar-refractivity contribution in [2.24, 2.45) is 0 Å². The Morgan fingerprint density at radius 2 is 2.19 bits per heavy atom. The predicted octanol–water partition coefficient (Wildman–Crippen LogP) is 2.50. The first-order valence-electron chi connectivity index (χ1n) is 4.11. The highest BCUT2D eigenvalue weighted by molar-refractivity contribution is 9.10. The molecular formula is C10H7BrFNO2S. The van der Waals surface area contributed by atoms with E-state index >= 15 is 0 Å². The van der Waals surface area contributed by atoms with Gasteiger partial charge in [0.05, 0.1) is 0 Å². The largest absolute Gasteiger partial charge is 0.223 e. The number of hydrogen-bond donors (Lipinski definition) is 0. The molecule has 0 N–H and O–H groups in total. The second-order valence-corrected chi connectivity index (χ2v) is 5.96. The molecule has 0 aliphatic rings. The van der Waals surface area contributed by atoms with Crippen LogP contribution in [0.25, 0.3) is 6.08 Å². The average Bonchev–Trinajstić information content (AvgIpc) is 2.17. The normalized spacial score (nSPS) is 12.2. The average molecular weight is 304 g/mol. The molecule has 0 fully saturated rings. The molecule has 0 saturated heterocycles. The van der Waals surface area contributed by atoms with Crippen molar-refractivity contribution in [3.8, 4) is 6.07 Å². The summed E-state index contributed by atoms with van der Waals surface area (Å²) in [5, 5.41) is 8.65. The molecule has 1 aromatic rings. The molecule has 84 valence electrons. The minimum absolute atomic E-state index is 0.0522. The number of nitrogens with zero attached hydrogens (tertiary/aromatic N) is 1. The maximum absolute atomic E-state index is 13.3. The van der Waals surface area contributed by atoms with Crippen molar-refractivity contribution in [3.05, 3.63) is 39.0 Å². The Labute approximate surface area is 101 Å². The van der Waals surface area contributed by atoms with Crippen LogP contribution in [0.5, 0.6) is 0 Å². The maximum atomic E-state index is 13.3. The summed E-state index contributed by atoms with van der Waals surface area (Å²) in [5.74, 6) is -0.584. The van der Waals surface area contributed by atoms with Gasteiger partial charge in [0.15, 0.2) is 9.84 Å². The molecule has 0 atom stereocenters. The third-order valence-corrected chi connectivity index (χ3v) is 3.26. The Morgan fingerprint density at radius 1 is 1.56 bits per heavy atom. The first-order chi connectivity index (χ1) is 7.34. The predicted molar refractivity (Wildman–Crippen MR) is 62.5 cm³/mol. The van der Waals surface area contributed by atoms with Crippen LogP contribution < -0.4 is 0 Å². The van der Waals surface area contributed by atoms with Gasteiger partial charge in [-0.3, -0.25) is 0 Å². The summed E-state index contributed by atoms with van der Waals surface area (Å²) in [6.45, 7) is 0. The van der Waals surface area contributed by atoms with Gasteiger partial charge in [0.1, 0.15) is 16.8 Å². The number of rotatable bonds is 2. The summed E-state index contributed by atoms with van der Waals surface area (Å²) in [6.07, 6.45) is 1.91. The van der Waals surface area contributed by atoms with Gasteiger partial charge >= 0.3 is 0 Å². The summed E-state index contributed by atoms with van der Waals surface area (Å²) in [5.41, 5.74) is 0.0522. The van der Waals surface area contributed by atoms with E-state index < -0.39 is 20.6 Å². The van der Waals surface area contributed by atoms with Crippen LogP contribution >= 0.6 is 15.9 Å². The van der Waals surface area contributed by atoms with E-state index in [9.17, 15) is 12.8 Å². The first kappa shape index (κ1) is 12.9. The van der Waals surface area contributed by atoms with Gasteiger partial charge in [-0.15, -0.1) is 0 Å². The van der Waals surface area contributed by atoms with Gasteiger partial charge in [-0.25, -0.2) is 12.8 Å². The van der Waals surface area contributed by atoms with Crippen LogP contribution in [0, 0.1) is 17.1 Å². The number of halogens is 2. The summed E-state index contributed by atoms with van der Waals surface area (Å²) in [4.78, 5) is -0.468. The molecule has 1 aromatic carbocycles. The van der Waals surface area contributed by atoms with Gasteiger partial charge in [0.25, 0.3) is 0 Å². The molecule has 0 heterocycles. The molecule has 0 radical (unpaired) electrons. The van der Waals surface area contributed by atoms with Crippen molar-refractivity contribution < 1.29 is 12.8 Å². The van der Waals surface area contributed by atoms with E-state index in [2.05, 4.69) is 15.9 Å². The maximum Gasteiger partial charge on any atom is 0.185 e. The second kappa shape index (κ2) is 4.76. The molecular weight excluding hydrogens is 297 g/mol. The fourth-order valence-electron chi connectivity index (χ4n) is 0.989. The van der Waals surface area contributed by atoms with Gasteiger partial charge in [0, 0.05) is 16.3 Å². The summed E-state index contributed by atoms with van der Waals surface area (Å²) in [7, 11) is -3.62. The van der Waals surface area contributed by atoms with E-state index in [1.54, 1.807) is 0 Å². The first-order valence-corrected chi connectivity index (χ1v) is 6.80. The number of allylic oxidation sites excluding steroid dienone is 1. The SMILES string of the molecule is CS(=O)(=O)/C(C#N)=C\c1cc(Br)ccc1F. The van der Waals surface area contributed by atoms with Gasteiger partial charge in [-0.2, -0.15) is 5.26 Å². The number of sulfone groups is 1. The van der Waals surface area contributed by atoms with Crippen molar-refractivity contribution in [2.75, 3.05) is 6.26 Å². The van der Waals surface area contributed by atoms with Crippen LogP contribution in [0.2, 0.25) is 0 Å². The molecule has 0 saturated carbocycles. The minimum atomic E-state index is -3.62. The Balaban J connectivity index is 3.37. The molecule has 0 aliphatic heterocycles. The molecule has 6 heteroatoms. The topological polar surface area (TPSA) is 57.9 Å². The lowest BCUT2D eigenvalue weighted by molar-refractivity contribution is 0.609. The van der Waals surface area contributed by atoms with Crippen molar-refractivity contribution in [2.45, 2.75) is 0 Å². The standard InChI is InChI=1S/C10H7BrFNO2S/c1-16(14,15)9(6-13)5-7-4-8(11)2-3-10(7)12/h2-5H,1H3/b9-5-. The monoisotopic (exact) mass is 303 g/mol. The van der Waals surface area contributed by atoms with Crippen LogP contribution in [0.4, 0.5) is 4.39 Å². The lowest BCUT2D eigenvalue weighted by atomic mass is 10.2. The Morgan fingerprint density at radius 3 is 2.69 bits per heavy atom. The second-order valence-electron chi connectivity index (χ2n) is 3.06. The van der Waals surface area contributed by atoms with Gasteiger partial charge in [0.2, 0.25) is 0 Å². The number of benzene rings is 1. The summed E-state index contributed by atoms with van der Waals surface area (Å²) < 4.78 is 36.2. The quantitative estimate of drug-likeness (QED) is 0.789. The third kappa shape index (κ3) is 3.15. The Hall–Kier alpha value is -1.19. The Kier molecular flexibility index (Phi) is 3.83. The lowest BCUT2D eigenvalue weighted by Gasteiger charge is -1.99. The van der Waals surface area contributed by atoms with Crippen molar-refractivity contribution in [1.29, 1.82) is 5.26 Å². The van der Waals surface area contributed by atoms with Gasteiger partial charge in [-0.1, -0.05) is 15.9 Å². The molecule has 0 spiro atoms. The smallest absolute Gasteiger partial charge is 0.185 e. The summed E-state index contributed by atoms with van der Waals surface area (Å²) in [6, 6.07) is 5.60. The van der Waals surface area contributed by atoms with Crippen LogP contribution in [0.1, 0.15) is 5.56 Å². The molecule has 16 heavy (non-hydrogen) atoms. The molecule has 0 amide bonds. The zero-order chi connectivity index (χ0) is 12.3. The zero-order valence-corrected chi connectivity index (χ0v) is 10.6. The van der Waals surface area contributed by atoms with Crippen LogP contribution in [0.15, 0.2) is 27.6 Å². The van der Waals surface area contributed by atoms with E-state index in [0.717, 1.165) is 12.3 Å². The van der Waals surface area contributed by atoms with Crippen LogP contribution in [-0.4, -0.2) is 14.7 Å². The molecule has 3 nitrogen and oxygen atoms in total. The highest BCUT2D eigenvalue weighted by Crippen LogP contribution is 2.19. The zero-order valence-electron chi connectivity index (χ0n) is 8.24. The van der Waals surface area contributed by atoms with E-state index in [4.69, 9.17) is 5.26 Å². The van der Waals surface area contributed by atoms with Crippen LogP contribution in [-0.2, 0) is 9.84 Å². The fraction of sp³-hybridized carbons (Fsp3) is 0.100. The highest BCUT2D eigenvalue weighted by atomic mass is 79.9. The molecule has 0 aromatic heterocycles. The summed E-state index contributed by atoms with van der Waals surface area (Å²) >= 11 is 3.13. The molecule has 0 aliphatic carbocycles. The minimum Gasteiger partial charge on any atom is -0.223 e. The van der Waals surface area contributed by atoms with Crippen molar-refractivity contribution >= 4 is 31.8 Å². The number of nitriles is 1.